The van der Waals surface area contributed by atoms with Crippen LogP contribution in [0.5, 0.6) is 5.75 Å². The van der Waals surface area contributed by atoms with Gasteiger partial charge in [-0.2, -0.15) is 0 Å². The van der Waals surface area contributed by atoms with Crippen LogP contribution in [0.1, 0.15) is 43.4 Å². The Labute approximate surface area is 116 Å². The van der Waals surface area contributed by atoms with E-state index in [1.165, 1.54) is 34.9 Å². The molecule has 0 saturated carbocycles. The number of hydrogen-bond acceptors (Lipinski definition) is 1. The molecule has 0 fully saturated rings. The van der Waals surface area contributed by atoms with Gasteiger partial charge in [0.25, 0.3) is 0 Å². The molecular formula is C18H24O. The third-order valence-corrected chi connectivity index (χ3v) is 4.19. The highest BCUT2D eigenvalue weighted by molar-refractivity contribution is 5.92. The second kappa shape index (κ2) is 5.64. The van der Waals surface area contributed by atoms with Gasteiger partial charge in [0.05, 0.1) is 0 Å². The molecule has 0 heterocycles. The van der Waals surface area contributed by atoms with E-state index in [0.717, 1.165) is 17.7 Å². The molecule has 2 aromatic rings. The minimum atomic E-state index is 0.403. The summed E-state index contributed by atoms with van der Waals surface area (Å²) in [5.74, 6) is 1.16. The highest BCUT2D eigenvalue weighted by Gasteiger charge is 2.10. The second-order valence-corrected chi connectivity index (χ2v) is 5.79. The molecule has 2 aromatic carbocycles. The van der Waals surface area contributed by atoms with Crippen molar-refractivity contribution in [2.24, 2.45) is 5.92 Å². The number of aryl methyl sites for hydroxylation is 3. The van der Waals surface area contributed by atoms with Crippen LogP contribution in [0.3, 0.4) is 0 Å². The van der Waals surface area contributed by atoms with Gasteiger partial charge in [0.2, 0.25) is 0 Å². The molecule has 1 nitrogen and oxygen atoms in total. The molecular weight excluding hydrogens is 232 g/mol. The van der Waals surface area contributed by atoms with Gasteiger partial charge in [-0.15, -0.1) is 0 Å². The summed E-state index contributed by atoms with van der Waals surface area (Å²) in [4.78, 5) is 0. The van der Waals surface area contributed by atoms with Crippen molar-refractivity contribution < 1.29 is 5.11 Å². The first kappa shape index (κ1) is 13.9. The molecule has 0 amide bonds. The van der Waals surface area contributed by atoms with E-state index >= 15 is 0 Å². The molecule has 1 heteroatoms. The fourth-order valence-electron chi connectivity index (χ4n) is 2.64. The summed E-state index contributed by atoms with van der Waals surface area (Å²) in [6.07, 6.45) is 3.54. The van der Waals surface area contributed by atoms with Crippen LogP contribution in [0.2, 0.25) is 0 Å². The number of phenols is 1. The van der Waals surface area contributed by atoms with Crippen molar-refractivity contribution in [3.05, 3.63) is 41.0 Å². The number of benzene rings is 2. The van der Waals surface area contributed by atoms with Crippen molar-refractivity contribution in [1.82, 2.24) is 0 Å². The lowest BCUT2D eigenvalue weighted by Gasteiger charge is -2.15. The van der Waals surface area contributed by atoms with Crippen molar-refractivity contribution >= 4 is 10.8 Å². The molecule has 0 spiro atoms. The zero-order valence-corrected chi connectivity index (χ0v) is 12.5. The lowest BCUT2D eigenvalue weighted by atomic mass is 9.91. The fraction of sp³-hybridized carbons (Fsp3) is 0.444. The largest absolute Gasteiger partial charge is 0.507 e. The van der Waals surface area contributed by atoms with E-state index in [-0.39, 0.29) is 0 Å². The van der Waals surface area contributed by atoms with Crippen molar-refractivity contribution in [2.45, 2.75) is 47.0 Å². The van der Waals surface area contributed by atoms with Gasteiger partial charge in [-0.3, -0.25) is 0 Å². The van der Waals surface area contributed by atoms with Crippen LogP contribution in [0.15, 0.2) is 24.3 Å². The summed E-state index contributed by atoms with van der Waals surface area (Å²) in [6.45, 7) is 8.77. The van der Waals surface area contributed by atoms with Crippen LogP contribution in [0, 0.1) is 19.8 Å². The topological polar surface area (TPSA) is 20.2 Å². The maximum atomic E-state index is 10.1. The predicted molar refractivity (Wildman–Crippen MR) is 82.9 cm³/mol. The summed E-state index contributed by atoms with van der Waals surface area (Å²) in [5, 5.41) is 12.3. The molecule has 0 aromatic heterocycles. The smallest absolute Gasteiger partial charge is 0.123 e. The Morgan fingerprint density at radius 3 is 2.53 bits per heavy atom. The van der Waals surface area contributed by atoms with Gasteiger partial charge >= 0.3 is 0 Å². The number of fused-ring (bicyclic) bond motifs is 1. The maximum absolute atomic E-state index is 10.1. The average Bonchev–Trinajstić information content (AvgIpc) is 2.37. The highest BCUT2D eigenvalue weighted by atomic mass is 16.3. The Morgan fingerprint density at radius 2 is 1.84 bits per heavy atom. The molecule has 1 atom stereocenters. The Bertz CT molecular complexity index is 584. The Hall–Kier alpha value is -1.50. The van der Waals surface area contributed by atoms with Crippen molar-refractivity contribution in [2.75, 3.05) is 0 Å². The van der Waals surface area contributed by atoms with Gasteiger partial charge in [-0.1, -0.05) is 44.0 Å². The van der Waals surface area contributed by atoms with E-state index in [4.69, 9.17) is 0 Å². The van der Waals surface area contributed by atoms with Gasteiger partial charge in [-0.05, 0) is 55.2 Å². The number of rotatable bonds is 4. The van der Waals surface area contributed by atoms with E-state index in [0.29, 0.717) is 5.75 Å². The molecule has 0 bridgehead atoms. The Balaban J connectivity index is 2.49. The number of phenolic OH excluding ortho intramolecular Hbond substituents is 1. The van der Waals surface area contributed by atoms with Crippen LogP contribution < -0.4 is 0 Å². The SMILES string of the molecule is CCC(C)CCc1c(C)cc(O)c2ccc(C)cc12. The van der Waals surface area contributed by atoms with Crippen LogP contribution in [0.4, 0.5) is 0 Å². The fourth-order valence-corrected chi connectivity index (χ4v) is 2.64. The first-order chi connectivity index (χ1) is 9.02. The van der Waals surface area contributed by atoms with E-state index in [2.05, 4.69) is 39.8 Å². The van der Waals surface area contributed by atoms with E-state index in [9.17, 15) is 5.11 Å². The van der Waals surface area contributed by atoms with Gasteiger partial charge in [0, 0.05) is 5.39 Å². The monoisotopic (exact) mass is 256 g/mol. The lowest BCUT2D eigenvalue weighted by Crippen LogP contribution is -1.99. The molecule has 1 N–H and O–H groups in total. The quantitative estimate of drug-likeness (QED) is 0.803. The van der Waals surface area contributed by atoms with Crippen LogP contribution >= 0.6 is 0 Å². The van der Waals surface area contributed by atoms with Gasteiger partial charge in [0.1, 0.15) is 5.75 Å². The molecule has 0 saturated heterocycles. The minimum Gasteiger partial charge on any atom is -0.507 e. The molecule has 1 unspecified atom stereocenters. The van der Waals surface area contributed by atoms with Gasteiger partial charge in [-0.25, -0.2) is 0 Å². The standard InChI is InChI=1S/C18H24O/c1-5-12(2)6-8-15-14(4)11-18(19)16-9-7-13(3)10-17(15)16/h7,9-12,19H,5-6,8H2,1-4H3. The summed E-state index contributed by atoms with van der Waals surface area (Å²) in [7, 11) is 0. The third-order valence-electron chi connectivity index (χ3n) is 4.19. The van der Waals surface area contributed by atoms with Crippen LogP contribution in [-0.2, 0) is 6.42 Å². The number of aromatic hydroxyl groups is 1. The molecule has 19 heavy (non-hydrogen) atoms. The maximum Gasteiger partial charge on any atom is 0.123 e. The predicted octanol–water partition coefficient (Wildman–Crippen LogP) is 5.14. The van der Waals surface area contributed by atoms with Crippen LogP contribution in [-0.4, -0.2) is 5.11 Å². The van der Waals surface area contributed by atoms with Crippen molar-refractivity contribution in [3.8, 4) is 5.75 Å². The summed E-state index contributed by atoms with van der Waals surface area (Å²) in [5.41, 5.74) is 3.86. The molecule has 0 radical (unpaired) electrons. The first-order valence-electron chi connectivity index (χ1n) is 7.24. The molecule has 102 valence electrons. The molecule has 0 aliphatic carbocycles. The number of hydrogen-bond donors (Lipinski definition) is 1. The van der Waals surface area contributed by atoms with E-state index < -0.39 is 0 Å². The normalized spacial score (nSPS) is 12.8. The first-order valence-corrected chi connectivity index (χ1v) is 7.24. The summed E-state index contributed by atoms with van der Waals surface area (Å²) < 4.78 is 0. The molecule has 2 rings (SSSR count). The van der Waals surface area contributed by atoms with E-state index in [1.54, 1.807) is 0 Å². The minimum absolute atomic E-state index is 0.403. The van der Waals surface area contributed by atoms with Gasteiger partial charge in [0.15, 0.2) is 0 Å². The molecule has 0 aliphatic rings. The Kier molecular flexibility index (Phi) is 4.14. The average molecular weight is 256 g/mol. The molecule has 0 aliphatic heterocycles. The van der Waals surface area contributed by atoms with E-state index in [1.807, 2.05) is 12.1 Å². The zero-order chi connectivity index (χ0) is 14.0. The third kappa shape index (κ3) is 2.91. The summed E-state index contributed by atoms with van der Waals surface area (Å²) in [6, 6.07) is 8.21. The summed E-state index contributed by atoms with van der Waals surface area (Å²) >= 11 is 0. The lowest BCUT2D eigenvalue weighted by molar-refractivity contribution is 0.480. The van der Waals surface area contributed by atoms with Crippen molar-refractivity contribution in [1.29, 1.82) is 0 Å². The highest BCUT2D eigenvalue weighted by Crippen LogP contribution is 2.32. The second-order valence-electron chi connectivity index (χ2n) is 5.79. The Morgan fingerprint density at radius 1 is 1.11 bits per heavy atom. The zero-order valence-electron chi connectivity index (χ0n) is 12.5. The van der Waals surface area contributed by atoms with Crippen LogP contribution in [0.25, 0.3) is 10.8 Å². The van der Waals surface area contributed by atoms with Gasteiger partial charge < -0.3 is 5.11 Å². The van der Waals surface area contributed by atoms with Crippen molar-refractivity contribution in [3.63, 3.8) is 0 Å².